The molecule has 2 aromatic rings. The van der Waals surface area contributed by atoms with Crippen LogP contribution in [0.5, 0.6) is 0 Å². The summed E-state index contributed by atoms with van der Waals surface area (Å²) in [6.45, 7) is 0. The molecular formula is C10H7NO2S2. The molecule has 5 heteroatoms. The summed E-state index contributed by atoms with van der Waals surface area (Å²) in [4.78, 5) is 0.268. The first-order chi connectivity index (χ1) is 7.15. The Morgan fingerprint density at radius 1 is 1.33 bits per heavy atom. The second-order valence-electron chi connectivity index (χ2n) is 3.01. The van der Waals surface area contributed by atoms with Crippen LogP contribution in [0.4, 0.5) is 0 Å². The van der Waals surface area contributed by atoms with Gasteiger partial charge in [-0.25, -0.2) is 8.42 Å². The summed E-state index contributed by atoms with van der Waals surface area (Å²) in [5, 5.41) is 10.7. The molecule has 15 heavy (non-hydrogen) atoms. The van der Waals surface area contributed by atoms with Crippen molar-refractivity contribution in [2.24, 2.45) is 0 Å². The van der Waals surface area contributed by atoms with Crippen LogP contribution in [0.25, 0.3) is 10.1 Å². The van der Waals surface area contributed by atoms with Gasteiger partial charge in [-0.2, -0.15) is 5.26 Å². The Kier molecular flexibility index (Phi) is 2.47. The normalized spacial score (nSPS) is 11.4. The molecule has 0 saturated carbocycles. The Morgan fingerprint density at radius 3 is 2.80 bits per heavy atom. The van der Waals surface area contributed by atoms with Crippen LogP contribution >= 0.6 is 11.3 Å². The van der Waals surface area contributed by atoms with Crippen molar-refractivity contribution < 1.29 is 8.42 Å². The summed E-state index contributed by atoms with van der Waals surface area (Å²) in [7, 11) is -3.44. The zero-order valence-electron chi connectivity index (χ0n) is 7.67. The average molecular weight is 237 g/mol. The maximum absolute atomic E-state index is 11.7. The Balaban J connectivity index is 2.69. The van der Waals surface area contributed by atoms with Gasteiger partial charge in [-0.15, -0.1) is 11.3 Å². The van der Waals surface area contributed by atoms with Crippen molar-refractivity contribution in [2.75, 3.05) is 5.75 Å². The molecule has 0 N–H and O–H groups in total. The van der Waals surface area contributed by atoms with E-state index in [1.165, 1.54) is 11.3 Å². The van der Waals surface area contributed by atoms with Gasteiger partial charge in [0.2, 0.25) is 0 Å². The predicted octanol–water partition coefficient (Wildman–Crippen LogP) is 2.20. The SMILES string of the molecule is N#CCS(=O)(=O)c1csc2ccccc12. The van der Waals surface area contributed by atoms with Gasteiger partial charge in [-0.3, -0.25) is 0 Å². The van der Waals surface area contributed by atoms with E-state index in [0.717, 1.165) is 4.70 Å². The number of hydrogen-bond acceptors (Lipinski definition) is 4. The van der Waals surface area contributed by atoms with Crippen LogP contribution in [0, 0.1) is 11.3 Å². The standard InChI is InChI=1S/C10H7NO2S2/c11-5-6-15(12,13)10-7-14-9-4-2-1-3-8(9)10/h1-4,7H,6H2. The van der Waals surface area contributed by atoms with E-state index in [1.807, 2.05) is 12.1 Å². The van der Waals surface area contributed by atoms with Gasteiger partial charge in [0, 0.05) is 15.5 Å². The topological polar surface area (TPSA) is 57.9 Å². The highest BCUT2D eigenvalue weighted by Gasteiger charge is 2.18. The van der Waals surface area contributed by atoms with Crippen molar-refractivity contribution in [3.63, 3.8) is 0 Å². The summed E-state index contributed by atoms with van der Waals surface area (Å²) in [6.07, 6.45) is 0. The minimum atomic E-state index is -3.44. The van der Waals surface area contributed by atoms with Crippen molar-refractivity contribution in [2.45, 2.75) is 4.90 Å². The number of hydrogen-bond donors (Lipinski definition) is 0. The number of nitrogens with zero attached hydrogens (tertiary/aromatic N) is 1. The number of fused-ring (bicyclic) bond motifs is 1. The van der Waals surface area contributed by atoms with E-state index in [4.69, 9.17) is 5.26 Å². The molecule has 0 aliphatic carbocycles. The first-order valence-electron chi connectivity index (χ1n) is 4.21. The third kappa shape index (κ3) is 1.74. The monoisotopic (exact) mass is 237 g/mol. The smallest absolute Gasteiger partial charge is 0.193 e. The second kappa shape index (κ2) is 3.65. The third-order valence-corrected chi connectivity index (χ3v) is 4.66. The molecule has 0 saturated heterocycles. The van der Waals surface area contributed by atoms with Crippen molar-refractivity contribution in [3.8, 4) is 6.07 Å². The highest BCUT2D eigenvalue weighted by atomic mass is 32.2. The van der Waals surface area contributed by atoms with Gasteiger partial charge in [0.1, 0.15) is 5.75 Å². The number of rotatable bonds is 2. The fourth-order valence-corrected chi connectivity index (χ4v) is 3.81. The number of benzene rings is 1. The third-order valence-electron chi connectivity index (χ3n) is 2.04. The second-order valence-corrected chi connectivity index (χ2v) is 5.88. The van der Waals surface area contributed by atoms with Crippen molar-refractivity contribution in [1.82, 2.24) is 0 Å². The van der Waals surface area contributed by atoms with E-state index in [0.29, 0.717) is 5.39 Å². The molecule has 0 spiro atoms. The first kappa shape index (κ1) is 10.1. The average Bonchev–Trinajstić information content (AvgIpc) is 2.61. The van der Waals surface area contributed by atoms with Crippen molar-refractivity contribution in [1.29, 1.82) is 5.26 Å². The molecule has 0 aliphatic heterocycles. The minimum Gasteiger partial charge on any atom is -0.223 e. The molecule has 1 aromatic carbocycles. The lowest BCUT2D eigenvalue weighted by molar-refractivity contribution is 0.600. The van der Waals surface area contributed by atoms with Crippen LogP contribution in [-0.2, 0) is 9.84 Å². The van der Waals surface area contributed by atoms with Crippen LogP contribution in [0.2, 0.25) is 0 Å². The van der Waals surface area contributed by atoms with Gasteiger partial charge in [0.25, 0.3) is 0 Å². The van der Waals surface area contributed by atoms with Gasteiger partial charge in [-0.05, 0) is 6.07 Å². The Bertz CT molecular complexity index is 635. The summed E-state index contributed by atoms with van der Waals surface area (Å²) < 4.78 is 24.3. The van der Waals surface area contributed by atoms with Crippen molar-refractivity contribution in [3.05, 3.63) is 29.6 Å². The van der Waals surface area contributed by atoms with E-state index in [-0.39, 0.29) is 4.90 Å². The van der Waals surface area contributed by atoms with E-state index in [1.54, 1.807) is 23.6 Å². The molecule has 0 atom stereocenters. The predicted molar refractivity (Wildman–Crippen MR) is 59.5 cm³/mol. The Labute approximate surface area is 91.5 Å². The van der Waals surface area contributed by atoms with Crippen LogP contribution in [0.1, 0.15) is 0 Å². The highest BCUT2D eigenvalue weighted by molar-refractivity contribution is 7.92. The Hall–Kier alpha value is -1.38. The fourth-order valence-electron chi connectivity index (χ4n) is 1.36. The molecule has 0 aliphatic rings. The zero-order valence-corrected chi connectivity index (χ0v) is 9.31. The molecule has 0 radical (unpaired) electrons. The summed E-state index contributed by atoms with van der Waals surface area (Å²) in [6, 6.07) is 8.96. The summed E-state index contributed by atoms with van der Waals surface area (Å²) in [5.74, 6) is -0.465. The number of sulfone groups is 1. The molecule has 1 aromatic heterocycles. The van der Waals surface area contributed by atoms with Gasteiger partial charge >= 0.3 is 0 Å². The zero-order chi connectivity index (χ0) is 10.9. The summed E-state index contributed by atoms with van der Waals surface area (Å²) in [5.41, 5.74) is 0. The van der Waals surface area contributed by atoms with E-state index >= 15 is 0 Å². The lowest BCUT2D eigenvalue weighted by Crippen LogP contribution is -2.03. The fraction of sp³-hybridized carbons (Fsp3) is 0.100. The van der Waals surface area contributed by atoms with E-state index in [2.05, 4.69) is 0 Å². The minimum absolute atomic E-state index is 0.268. The lowest BCUT2D eigenvalue weighted by Gasteiger charge is -1.96. The molecule has 0 amide bonds. The van der Waals surface area contributed by atoms with Crippen LogP contribution in [-0.4, -0.2) is 14.2 Å². The molecular weight excluding hydrogens is 230 g/mol. The van der Waals surface area contributed by atoms with Gasteiger partial charge in [0.05, 0.1) is 11.0 Å². The van der Waals surface area contributed by atoms with Gasteiger partial charge in [-0.1, -0.05) is 18.2 Å². The Morgan fingerprint density at radius 2 is 2.07 bits per heavy atom. The van der Waals surface area contributed by atoms with Crippen molar-refractivity contribution >= 4 is 31.3 Å². The maximum Gasteiger partial charge on any atom is 0.193 e. The van der Waals surface area contributed by atoms with E-state index < -0.39 is 15.6 Å². The largest absolute Gasteiger partial charge is 0.223 e. The molecule has 76 valence electrons. The highest BCUT2D eigenvalue weighted by Crippen LogP contribution is 2.29. The molecule has 2 rings (SSSR count). The first-order valence-corrected chi connectivity index (χ1v) is 6.74. The summed E-state index contributed by atoms with van der Waals surface area (Å²) >= 11 is 1.38. The lowest BCUT2D eigenvalue weighted by atomic mass is 10.3. The molecule has 0 bridgehead atoms. The van der Waals surface area contributed by atoms with E-state index in [9.17, 15) is 8.42 Å². The number of thiophene rings is 1. The number of nitriles is 1. The quantitative estimate of drug-likeness (QED) is 0.804. The maximum atomic E-state index is 11.7. The molecule has 3 nitrogen and oxygen atoms in total. The molecule has 0 unspecified atom stereocenters. The molecule has 0 fully saturated rings. The van der Waals surface area contributed by atoms with Crippen LogP contribution in [0.15, 0.2) is 34.5 Å². The van der Waals surface area contributed by atoms with Crippen LogP contribution in [0.3, 0.4) is 0 Å². The molecule has 1 heterocycles. The van der Waals surface area contributed by atoms with Gasteiger partial charge in [0.15, 0.2) is 9.84 Å². The van der Waals surface area contributed by atoms with Gasteiger partial charge < -0.3 is 0 Å². The van der Waals surface area contributed by atoms with Crippen LogP contribution < -0.4 is 0 Å².